The first-order valence-electron chi connectivity index (χ1n) is 2.31. The summed E-state index contributed by atoms with van der Waals surface area (Å²) in [5, 5.41) is 0. The zero-order chi connectivity index (χ0) is 5.54. The van der Waals surface area contributed by atoms with Crippen LogP contribution in [-0.4, -0.2) is 17.1 Å². The van der Waals surface area contributed by atoms with Crippen molar-refractivity contribution < 1.29 is 4.43 Å². The number of hydrogen-bond acceptors (Lipinski definition) is 1. The van der Waals surface area contributed by atoms with Crippen LogP contribution in [0.3, 0.4) is 0 Å². The molecule has 0 aromatic rings. The van der Waals surface area contributed by atoms with Crippen LogP contribution in [0.2, 0.25) is 0 Å². The molecule has 0 atom stereocenters. The maximum atomic E-state index is 4.60. The van der Waals surface area contributed by atoms with E-state index in [9.17, 15) is 0 Å². The minimum Gasteiger partial charge on any atom is -0.418 e. The minimum atomic E-state index is 0.751. The fourth-order valence-electron chi connectivity index (χ4n) is 0.294. The Bertz CT molecular complexity index is 52.0. The van der Waals surface area contributed by atoms with E-state index in [0.29, 0.717) is 0 Å². The summed E-state index contributed by atoms with van der Waals surface area (Å²) in [6, 6.07) is 0. The molecular weight excluding hydrogens is 104 g/mol. The van der Waals surface area contributed by atoms with Crippen molar-refractivity contribution in [1.82, 2.24) is 0 Å². The van der Waals surface area contributed by atoms with Gasteiger partial charge in [0.05, 0.1) is 0 Å². The van der Waals surface area contributed by atoms with E-state index < -0.39 is 0 Å². The van der Waals surface area contributed by atoms with E-state index in [-0.39, 0.29) is 0 Å². The van der Waals surface area contributed by atoms with Crippen molar-refractivity contribution in [2.24, 2.45) is 0 Å². The summed E-state index contributed by atoms with van der Waals surface area (Å²) < 4.78 is 4.60. The molecule has 0 aliphatic rings. The predicted octanol–water partition coefficient (Wildman–Crippen LogP) is 1.05. The second kappa shape index (κ2) is 5.92. The molecule has 0 fully saturated rings. The van der Waals surface area contributed by atoms with Gasteiger partial charge in [-0.15, -0.1) is 0 Å². The van der Waals surface area contributed by atoms with Gasteiger partial charge in [-0.05, 0) is 13.3 Å². The van der Waals surface area contributed by atoms with Gasteiger partial charge in [-0.1, -0.05) is 12.2 Å². The average Bonchev–Trinajstić information content (AvgIpc) is 1.69. The molecule has 3 radical (unpaired) electrons. The monoisotopic (exact) mass is 113 g/mol. The van der Waals surface area contributed by atoms with Gasteiger partial charge in [0.2, 0.25) is 10.5 Å². The molecule has 0 heterocycles. The second-order valence-corrected chi connectivity index (χ2v) is 1.49. The highest BCUT2D eigenvalue weighted by atomic mass is 28.2. The summed E-state index contributed by atoms with van der Waals surface area (Å²) in [5.41, 5.74) is 0. The Kier molecular flexibility index (Phi) is 5.85. The van der Waals surface area contributed by atoms with Crippen molar-refractivity contribution in [2.75, 3.05) is 6.61 Å². The van der Waals surface area contributed by atoms with Crippen molar-refractivity contribution in [3.05, 3.63) is 12.2 Å². The summed E-state index contributed by atoms with van der Waals surface area (Å²) in [4.78, 5) is 0. The third-order valence-corrected chi connectivity index (χ3v) is 0.826. The van der Waals surface area contributed by atoms with E-state index in [1.165, 1.54) is 0 Å². The van der Waals surface area contributed by atoms with Gasteiger partial charge in [-0.25, -0.2) is 0 Å². The van der Waals surface area contributed by atoms with E-state index in [0.717, 1.165) is 13.0 Å². The van der Waals surface area contributed by atoms with Crippen molar-refractivity contribution in [2.45, 2.75) is 13.3 Å². The van der Waals surface area contributed by atoms with Crippen LogP contribution in [0.1, 0.15) is 13.3 Å². The Balaban J connectivity index is 2.69. The molecule has 0 N–H and O–H groups in total. The van der Waals surface area contributed by atoms with Crippen LogP contribution in [0.5, 0.6) is 0 Å². The SMILES string of the molecule is CC=CCCO[Si]. The maximum Gasteiger partial charge on any atom is 0.246 e. The Morgan fingerprint density at radius 2 is 2.43 bits per heavy atom. The highest BCUT2D eigenvalue weighted by molar-refractivity contribution is 5.97. The van der Waals surface area contributed by atoms with Crippen LogP contribution < -0.4 is 0 Å². The molecule has 0 saturated carbocycles. The van der Waals surface area contributed by atoms with Crippen molar-refractivity contribution in [3.8, 4) is 0 Å². The van der Waals surface area contributed by atoms with E-state index >= 15 is 0 Å². The molecular formula is C5H9OSi. The van der Waals surface area contributed by atoms with Gasteiger partial charge in [0.25, 0.3) is 0 Å². The molecule has 0 unspecified atom stereocenters. The summed E-state index contributed by atoms with van der Waals surface area (Å²) in [6.45, 7) is 2.74. The van der Waals surface area contributed by atoms with Crippen molar-refractivity contribution >= 4 is 10.5 Å². The van der Waals surface area contributed by atoms with Gasteiger partial charge in [-0.2, -0.15) is 0 Å². The number of hydrogen-bond donors (Lipinski definition) is 0. The van der Waals surface area contributed by atoms with Crippen LogP contribution in [0.25, 0.3) is 0 Å². The molecule has 2 heteroatoms. The molecule has 0 aromatic heterocycles. The number of allylic oxidation sites excluding steroid dienone is 1. The van der Waals surface area contributed by atoms with E-state index in [4.69, 9.17) is 0 Å². The lowest BCUT2D eigenvalue weighted by Crippen LogP contribution is -1.84. The number of rotatable bonds is 3. The van der Waals surface area contributed by atoms with Crippen molar-refractivity contribution in [3.63, 3.8) is 0 Å². The third-order valence-electron chi connectivity index (χ3n) is 0.622. The Morgan fingerprint density at radius 3 is 2.86 bits per heavy atom. The van der Waals surface area contributed by atoms with Crippen LogP contribution in [-0.2, 0) is 4.43 Å². The normalized spacial score (nSPS) is 10.6. The summed E-state index contributed by atoms with van der Waals surface area (Å²) in [5.74, 6) is 0. The van der Waals surface area contributed by atoms with E-state index in [2.05, 4.69) is 21.0 Å². The lowest BCUT2D eigenvalue weighted by atomic mass is 10.4. The molecule has 0 aliphatic carbocycles. The Hall–Kier alpha value is -0.0831. The quantitative estimate of drug-likeness (QED) is 0.302. The molecule has 0 aromatic carbocycles. The molecule has 0 aliphatic heterocycles. The molecule has 0 saturated heterocycles. The average molecular weight is 113 g/mol. The van der Waals surface area contributed by atoms with Gasteiger partial charge >= 0.3 is 0 Å². The highest BCUT2D eigenvalue weighted by Crippen LogP contribution is 1.80. The van der Waals surface area contributed by atoms with E-state index in [1.807, 2.05) is 13.0 Å². The van der Waals surface area contributed by atoms with Crippen LogP contribution in [0.15, 0.2) is 12.2 Å². The topological polar surface area (TPSA) is 9.23 Å². The summed E-state index contributed by atoms with van der Waals surface area (Å²) >= 11 is 0. The van der Waals surface area contributed by atoms with Crippen LogP contribution in [0, 0.1) is 0 Å². The van der Waals surface area contributed by atoms with Gasteiger partial charge in [0.15, 0.2) is 0 Å². The first kappa shape index (κ1) is 6.92. The van der Waals surface area contributed by atoms with Gasteiger partial charge in [0, 0.05) is 6.61 Å². The maximum absolute atomic E-state index is 4.60. The zero-order valence-corrected chi connectivity index (χ0v) is 5.48. The lowest BCUT2D eigenvalue weighted by Gasteiger charge is -1.87. The smallest absolute Gasteiger partial charge is 0.246 e. The molecule has 0 amide bonds. The molecule has 0 rings (SSSR count). The summed E-state index contributed by atoms with van der Waals surface area (Å²) in [6.07, 6.45) is 5.05. The molecule has 0 bridgehead atoms. The highest BCUT2D eigenvalue weighted by Gasteiger charge is 1.72. The lowest BCUT2D eigenvalue weighted by molar-refractivity contribution is 0.358. The second-order valence-electron chi connectivity index (χ2n) is 1.21. The zero-order valence-electron chi connectivity index (χ0n) is 4.48. The third kappa shape index (κ3) is 5.92. The first-order valence-corrected chi connectivity index (χ1v) is 2.72. The van der Waals surface area contributed by atoms with Gasteiger partial charge in [0.1, 0.15) is 0 Å². The summed E-state index contributed by atoms with van der Waals surface area (Å²) in [7, 11) is 2.89. The minimum absolute atomic E-state index is 0.751. The Labute approximate surface area is 47.9 Å². The molecule has 7 heavy (non-hydrogen) atoms. The predicted molar refractivity (Wildman–Crippen MR) is 31.1 cm³/mol. The van der Waals surface area contributed by atoms with Crippen LogP contribution >= 0.6 is 0 Å². The first-order chi connectivity index (χ1) is 3.41. The molecule has 1 nitrogen and oxygen atoms in total. The van der Waals surface area contributed by atoms with Gasteiger partial charge in [-0.3, -0.25) is 0 Å². The molecule has 39 valence electrons. The fourth-order valence-corrected chi connectivity index (χ4v) is 0.411. The van der Waals surface area contributed by atoms with Gasteiger partial charge < -0.3 is 4.43 Å². The van der Waals surface area contributed by atoms with E-state index in [1.54, 1.807) is 0 Å². The Morgan fingerprint density at radius 1 is 1.71 bits per heavy atom. The standard InChI is InChI=1S/C5H9OSi/c1-2-3-4-5-6-7/h2-3H,4-5H2,1H3. The van der Waals surface area contributed by atoms with Crippen LogP contribution in [0.4, 0.5) is 0 Å². The molecule has 0 spiro atoms. The fraction of sp³-hybridized carbons (Fsp3) is 0.600. The van der Waals surface area contributed by atoms with Crippen molar-refractivity contribution in [1.29, 1.82) is 0 Å². The largest absolute Gasteiger partial charge is 0.418 e.